The second kappa shape index (κ2) is 8.63. The molecule has 2 saturated heterocycles. The molecule has 148 valence electrons. The van der Waals surface area contributed by atoms with Crippen LogP contribution in [0.4, 0.5) is 0 Å². The Labute approximate surface area is 165 Å². The molecular weight excluding hydrogens is 356 g/mol. The number of rotatable bonds is 6. The van der Waals surface area contributed by atoms with E-state index in [1.807, 2.05) is 36.4 Å². The molecule has 3 atom stereocenters. The molecule has 2 heterocycles. The second-order valence-corrected chi connectivity index (χ2v) is 7.31. The molecule has 2 aliphatic rings. The van der Waals surface area contributed by atoms with Crippen molar-refractivity contribution in [2.75, 3.05) is 33.4 Å². The van der Waals surface area contributed by atoms with E-state index in [1.165, 1.54) is 5.56 Å². The Hall–Kier alpha value is -2.57. The number of hydrogen-bond donors (Lipinski definition) is 1. The third kappa shape index (κ3) is 4.46. The highest BCUT2D eigenvalue weighted by Gasteiger charge is 2.38. The first-order chi connectivity index (χ1) is 13.7. The summed E-state index contributed by atoms with van der Waals surface area (Å²) in [4.78, 5) is 14.7. The summed E-state index contributed by atoms with van der Waals surface area (Å²) in [6.07, 6.45) is 1.01. The first-order valence-corrected chi connectivity index (χ1v) is 9.68. The Balaban J connectivity index is 1.26. The van der Waals surface area contributed by atoms with Gasteiger partial charge in [-0.3, -0.25) is 9.69 Å². The lowest BCUT2D eigenvalue weighted by Crippen LogP contribution is -2.43. The van der Waals surface area contributed by atoms with Gasteiger partial charge in [0, 0.05) is 31.2 Å². The molecular formula is C22H26N2O4. The first-order valence-electron chi connectivity index (χ1n) is 9.68. The van der Waals surface area contributed by atoms with E-state index in [0.717, 1.165) is 19.5 Å². The van der Waals surface area contributed by atoms with Crippen molar-refractivity contribution < 1.29 is 19.0 Å². The van der Waals surface area contributed by atoms with Crippen LogP contribution in [0.5, 0.6) is 11.5 Å². The van der Waals surface area contributed by atoms with E-state index < -0.39 is 0 Å². The summed E-state index contributed by atoms with van der Waals surface area (Å²) >= 11 is 0. The van der Waals surface area contributed by atoms with Crippen LogP contribution in [0.2, 0.25) is 0 Å². The van der Waals surface area contributed by atoms with Gasteiger partial charge in [0.15, 0.2) is 6.61 Å². The van der Waals surface area contributed by atoms with E-state index in [0.29, 0.717) is 24.1 Å². The lowest BCUT2D eigenvalue weighted by molar-refractivity contribution is -0.123. The van der Waals surface area contributed by atoms with Gasteiger partial charge in [0.2, 0.25) is 0 Å². The van der Waals surface area contributed by atoms with Crippen LogP contribution in [0.15, 0.2) is 54.6 Å². The summed E-state index contributed by atoms with van der Waals surface area (Å²) in [5.74, 6) is 1.23. The molecule has 0 bridgehead atoms. The van der Waals surface area contributed by atoms with Crippen LogP contribution in [0.25, 0.3) is 0 Å². The molecule has 4 rings (SSSR count). The van der Waals surface area contributed by atoms with Crippen molar-refractivity contribution in [1.82, 2.24) is 10.2 Å². The molecule has 0 radical (unpaired) electrons. The number of nitrogens with zero attached hydrogens (tertiary/aromatic N) is 1. The third-order valence-electron chi connectivity index (χ3n) is 5.37. The second-order valence-electron chi connectivity index (χ2n) is 7.31. The molecule has 1 N–H and O–H groups in total. The standard InChI is InChI=1S/C22H26N2O4/c1-26-19-8-5-9-20(11-19)27-15-22(25)23-17-10-18-14-28-21(13-24(18)12-17)16-6-3-2-4-7-16/h2-9,11,17-18,21H,10,12-15H2,1H3,(H,23,25)/t17-,18+,21-/m1/s1. The molecule has 2 aromatic carbocycles. The number of amides is 1. The number of fused-ring (bicyclic) bond motifs is 1. The largest absolute Gasteiger partial charge is 0.497 e. The Morgan fingerprint density at radius 1 is 1.14 bits per heavy atom. The monoisotopic (exact) mass is 382 g/mol. The average Bonchev–Trinajstić information content (AvgIpc) is 3.14. The quantitative estimate of drug-likeness (QED) is 0.831. The van der Waals surface area contributed by atoms with Crippen LogP contribution in [0, 0.1) is 0 Å². The average molecular weight is 382 g/mol. The van der Waals surface area contributed by atoms with E-state index in [2.05, 4.69) is 22.3 Å². The van der Waals surface area contributed by atoms with Crippen LogP contribution in [-0.4, -0.2) is 56.3 Å². The van der Waals surface area contributed by atoms with Gasteiger partial charge in [-0.25, -0.2) is 0 Å². The zero-order chi connectivity index (χ0) is 19.3. The minimum atomic E-state index is -0.104. The van der Waals surface area contributed by atoms with Gasteiger partial charge in [-0.15, -0.1) is 0 Å². The van der Waals surface area contributed by atoms with E-state index in [1.54, 1.807) is 13.2 Å². The van der Waals surface area contributed by atoms with Crippen molar-refractivity contribution >= 4 is 5.91 Å². The molecule has 28 heavy (non-hydrogen) atoms. The molecule has 0 aromatic heterocycles. The fourth-order valence-electron chi connectivity index (χ4n) is 3.96. The van der Waals surface area contributed by atoms with Crippen LogP contribution < -0.4 is 14.8 Å². The molecule has 0 spiro atoms. The smallest absolute Gasteiger partial charge is 0.258 e. The third-order valence-corrected chi connectivity index (χ3v) is 5.37. The SMILES string of the molecule is COc1cccc(OCC(=O)N[C@@H]2C[C@H]3CO[C@@H](c4ccccc4)CN3C2)c1. The molecule has 0 unspecified atom stereocenters. The maximum atomic E-state index is 12.3. The van der Waals surface area contributed by atoms with Gasteiger partial charge in [-0.05, 0) is 24.1 Å². The van der Waals surface area contributed by atoms with E-state index in [4.69, 9.17) is 14.2 Å². The minimum Gasteiger partial charge on any atom is -0.497 e. The number of hydrogen-bond acceptors (Lipinski definition) is 5. The Bertz CT molecular complexity index is 798. The van der Waals surface area contributed by atoms with Gasteiger partial charge in [0.1, 0.15) is 11.5 Å². The molecule has 1 amide bonds. The van der Waals surface area contributed by atoms with E-state index in [-0.39, 0.29) is 24.7 Å². The van der Waals surface area contributed by atoms with Gasteiger partial charge in [0.25, 0.3) is 5.91 Å². The van der Waals surface area contributed by atoms with Gasteiger partial charge in [-0.2, -0.15) is 0 Å². The lowest BCUT2D eigenvalue weighted by Gasteiger charge is -2.35. The number of carbonyl (C=O) groups excluding carboxylic acids is 1. The van der Waals surface area contributed by atoms with Crippen molar-refractivity contribution in [1.29, 1.82) is 0 Å². The molecule has 0 saturated carbocycles. The van der Waals surface area contributed by atoms with Crippen molar-refractivity contribution in [3.05, 3.63) is 60.2 Å². The molecule has 2 fully saturated rings. The molecule has 6 nitrogen and oxygen atoms in total. The highest BCUT2D eigenvalue weighted by molar-refractivity contribution is 5.78. The van der Waals surface area contributed by atoms with Gasteiger partial charge in [0.05, 0.1) is 19.8 Å². The number of morpholine rings is 1. The Morgan fingerprint density at radius 2 is 1.96 bits per heavy atom. The van der Waals surface area contributed by atoms with Crippen molar-refractivity contribution in [3.8, 4) is 11.5 Å². The van der Waals surface area contributed by atoms with Gasteiger partial charge < -0.3 is 19.5 Å². The van der Waals surface area contributed by atoms with Crippen molar-refractivity contribution in [3.63, 3.8) is 0 Å². The van der Waals surface area contributed by atoms with Gasteiger partial charge in [-0.1, -0.05) is 36.4 Å². The fourth-order valence-corrected chi connectivity index (χ4v) is 3.96. The summed E-state index contributed by atoms with van der Waals surface area (Å²) in [5, 5.41) is 3.10. The zero-order valence-corrected chi connectivity index (χ0v) is 16.0. The molecule has 2 aromatic rings. The molecule has 2 aliphatic heterocycles. The summed E-state index contributed by atoms with van der Waals surface area (Å²) in [5.41, 5.74) is 1.21. The van der Waals surface area contributed by atoms with Crippen LogP contribution in [0.1, 0.15) is 18.1 Å². The maximum Gasteiger partial charge on any atom is 0.258 e. The minimum absolute atomic E-state index is 0.00251. The van der Waals surface area contributed by atoms with Crippen LogP contribution in [-0.2, 0) is 9.53 Å². The molecule has 0 aliphatic carbocycles. The summed E-state index contributed by atoms with van der Waals surface area (Å²) in [6, 6.07) is 18.1. The number of nitrogens with one attached hydrogen (secondary N) is 1. The van der Waals surface area contributed by atoms with E-state index in [9.17, 15) is 4.79 Å². The van der Waals surface area contributed by atoms with E-state index >= 15 is 0 Å². The number of methoxy groups -OCH3 is 1. The molecule has 6 heteroatoms. The first kappa shape index (κ1) is 18.8. The normalized spacial score (nSPS) is 24.4. The lowest BCUT2D eigenvalue weighted by atomic mass is 10.1. The maximum absolute atomic E-state index is 12.3. The highest BCUT2D eigenvalue weighted by Crippen LogP contribution is 2.30. The predicted molar refractivity (Wildman–Crippen MR) is 106 cm³/mol. The summed E-state index contributed by atoms with van der Waals surface area (Å²) < 4.78 is 16.8. The van der Waals surface area contributed by atoms with Crippen LogP contribution in [0.3, 0.4) is 0 Å². The predicted octanol–water partition coefficient (Wildman–Crippen LogP) is 2.40. The summed E-state index contributed by atoms with van der Waals surface area (Å²) in [7, 11) is 1.60. The fraction of sp³-hybridized carbons (Fsp3) is 0.409. The van der Waals surface area contributed by atoms with Gasteiger partial charge >= 0.3 is 0 Å². The Kier molecular flexibility index (Phi) is 5.78. The Morgan fingerprint density at radius 3 is 2.79 bits per heavy atom. The zero-order valence-electron chi connectivity index (χ0n) is 16.0. The number of carbonyl (C=O) groups is 1. The van der Waals surface area contributed by atoms with Crippen LogP contribution >= 0.6 is 0 Å². The van der Waals surface area contributed by atoms with Crippen molar-refractivity contribution in [2.45, 2.75) is 24.6 Å². The highest BCUT2D eigenvalue weighted by atomic mass is 16.5. The van der Waals surface area contributed by atoms with Crippen molar-refractivity contribution in [2.24, 2.45) is 0 Å². The summed E-state index contributed by atoms with van der Waals surface area (Å²) in [6.45, 7) is 2.41. The number of ether oxygens (including phenoxy) is 3. The number of benzene rings is 2. The topological polar surface area (TPSA) is 60.0 Å².